The van der Waals surface area contributed by atoms with Crippen LogP contribution in [0.15, 0.2) is 60.9 Å². The Bertz CT molecular complexity index is 1770. The average molecular weight is 707 g/mol. The molecule has 274 valence electrons. The number of carbonyl (C=O) groups is 2. The number of hydrogen-bond acceptors (Lipinski definition) is 9. The molecule has 0 unspecified atom stereocenters. The van der Waals surface area contributed by atoms with Gasteiger partial charge in [-0.3, -0.25) is 19.6 Å². The molecule has 0 bridgehead atoms. The van der Waals surface area contributed by atoms with Gasteiger partial charge < -0.3 is 30.3 Å². The number of Topliss-reactive ketones (excluding diaryl/α,β-unsaturated/α-hetero) is 1. The summed E-state index contributed by atoms with van der Waals surface area (Å²) in [6, 6.07) is 15.5. The number of ether oxygens (including phenoxy) is 2. The molecule has 10 heteroatoms. The first-order valence-corrected chi connectivity index (χ1v) is 18.3. The van der Waals surface area contributed by atoms with E-state index in [0.29, 0.717) is 50.0 Å². The molecule has 6 rings (SSSR count). The van der Waals surface area contributed by atoms with Crippen LogP contribution in [0.1, 0.15) is 79.2 Å². The standard InChI is InChI=1S/C42H50N4O6/c1-25-18-38(45-20-31(25)12-11-29-13-15-51-23-40(29)48)42(50)46-35-10-6-9-34(28(35)4)33-8-5-7-30(27(33)3)19-39(47)37-17-26(2)32(22-44-37)21-43-36-14-16-52-24-41(36)49/h5-10,17-18,20,22,29,36,40-41,43,48-49H,11-16,19,21,23-24H2,1-4H3,(H,46,50)/t29-,36-,40-,41-/m1/s1. The molecule has 2 aliphatic rings. The van der Waals surface area contributed by atoms with E-state index < -0.39 is 12.2 Å². The Morgan fingerprint density at radius 2 is 1.44 bits per heavy atom. The second kappa shape index (κ2) is 17.0. The third kappa shape index (κ3) is 8.82. The van der Waals surface area contributed by atoms with E-state index in [-0.39, 0.29) is 30.1 Å². The average Bonchev–Trinajstić information content (AvgIpc) is 3.13. The third-order valence-electron chi connectivity index (χ3n) is 10.8. The Balaban J connectivity index is 1.11. The van der Waals surface area contributed by atoms with Gasteiger partial charge in [-0.05, 0) is 128 Å². The molecule has 52 heavy (non-hydrogen) atoms. The number of nitrogens with zero attached hydrogens (tertiary/aromatic N) is 2. The number of hydrogen-bond donors (Lipinski definition) is 4. The summed E-state index contributed by atoms with van der Waals surface area (Å²) < 4.78 is 10.7. The van der Waals surface area contributed by atoms with Gasteiger partial charge in [-0.15, -0.1) is 0 Å². The summed E-state index contributed by atoms with van der Waals surface area (Å²) in [5.41, 5.74) is 10.3. The number of anilines is 1. The molecule has 0 radical (unpaired) electrons. The van der Waals surface area contributed by atoms with Crippen molar-refractivity contribution in [2.45, 2.75) is 84.6 Å². The highest BCUT2D eigenvalue weighted by Crippen LogP contribution is 2.33. The molecule has 0 spiro atoms. The number of aromatic nitrogens is 2. The molecule has 2 aromatic carbocycles. The van der Waals surface area contributed by atoms with Crippen LogP contribution in [-0.4, -0.2) is 76.5 Å². The van der Waals surface area contributed by atoms with E-state index in [9.17, 15) is 19.8 Å². The Morgan fingerprint density at radius 3 is 2.17 bits per heavy atom. The summed E-state index contributed by atoms with van der Waals surface area (Å²) in [5, 5.41) is 26.9. The third-order valence-corrected chi connectivity index (χ3v) is 10.8. The first kappa shape index (κ1) is 37.4. The summed E-state index contributed by atoms with van der Waals surface area (Å²) >= 11 is 0. The van der Waals surface area contributed by atoms with Crippen molar-refractivity contribution in [3.8, 4) is 11.1 Å². The molecular formula is C42H50N4O6. The molecular weight excluding hydrogens is 656 g/mol. The molecule has 2 fully saturated rings. The van der Waals surface area contributed by atoms with E-state index >= 15 is 0 Å². The summed E-state index contributed by atoms with van der Waals surface area (Å²) in [7, 11) is 0. The second-order valence-corrected chi connectivity index (χ2v) is 14.3. The highest BCUT2D eigenvalue weighted by atomic mass is 16.5. The summed E-state index contributed by atoms with van der Waals surface area (Å²) in [6.45, 7) is 10.6. The lowest BCUT2D eigenvalue weighted by Gasteiger charge is -2.28. The van der Waals surface area contributed by atoms with Crippen LogP contribution in [0, 0.1) is 33.6 Å². The Labute approximate surface area is 306 Å². The number of benzene rings is 2. The number of aryl methyl sites for hydroxylation is 3. The predicted molar refractivity (Wildman–Crippen MR) is 201 cm³/mol. The Morgan fingerprint density at radius 1 is 0.788 bits per heavy atom. The number of aliphatic hydroxyl groups excluding tert-OH is 2. The van der Waals surface area contributed by atoms with Gasteiger partial charge in [0.15, 0.2) is 5.78 Å². The number of pyridine rings is 2. The fourth-order valence-electron chi connectivity index (χ4n) is 7.22. The molecule has 2 saturated heterocycles. The van der Waals surface area contributed by atoms with Gasteiger partial charge in [0, 0.05) is 50.3 Å². The van der Waals surface area contributed by atoms with Crippen LogP contribution in [-0.2, 0) is 28.9 Å². The topological polar surface area (TPSA) is 143 Å². The minimum atomic E-state index is -0.535. The molecule has 4 heterocycles. The Kier molecular flexibility index (Phi) is 12.2. The quantitative estimate of drug-likeness (QED) is 0.138. The van der Waals surface area contributed by atoms with Gasteiger partial charge in [0.1, 0.15) is 11.4 Å². The maximum absolute atomic E-state index is 13.5. The first-order chi connectivity index (χ1) is 25.1. The summed E-state index contributed by atoms with van der Waals surface area (Å²) in [5.74, 6) is -0.130. The predicted octanol–water partition coefficient (Wildman–Crippen LogP) is 5.62. The normalized spacial score (nSPS) is 20.4. The zero-order chi connectivity index (χ0) is 36.8. The number of amides is 1. The molecule has 2 aliphatic heterocycles. The van der Waals surface area contributed by atoms with Crippen LogP contribution in [0.5, 0.6) is 0 Å². The van der Waals surface area contributed by atoms with Crippen LogP contribution < -0.4 is 10.6 Å². The molecule has 4 N–H and O–H groups in total. The van der Waals surface area contributed by atoms with Gasteiger partial charge in [0.25, 0.3) is 5.91 Å². The fraction of sp³-hybridized carbons (Fsp3) is 0.429. The van der Waals surface area contributed by atoms with E-state index in [1.165, 1.54) is 0 Å². The SMILES string of the molecule is Cc1cc(C(=O)Nc2cccc(-c3cccc(CC(=O)c4cc(C)c(CN[C@@H]5CCOC[C@H]5O)cn4)c3C)c2C)ncc1CC[C@@H]1CCOC[C@H]1O. The Hall–Kier alpha value is -4.32. The van der Waals surface area contributed by atoms with Gasteiger partial charge in [0.05, 0.1) is 25.4 Å². The first-order valence-electron chi connectivity index (χ1n) is 18.3. The lowest BCUT2D eigenvalue weighted by atomic mass is 9.90. The fourth-order valence-corrected chi connectivity index (χ4v) is 7.22. The van der Waals surface area contributed by atoms with E-state index in [1.54, 1.807) is 12.4 Å². The highest BCUT2D eigenvalue weighted by Gasteiger charge is 2.25. The maximum Gasteiger partial charge on any atom is 0.274 e. The van der Waals surface area contributed by atoms with Crippen LogP contribution in [0.3, 0.4) is 0 Å². The van der Waals surface area contributed by atoms with Crippen LogP contribution in [0.2, 0.25) is 0 Å². The van der Waals surface area contributed by atoms with E-state index in [0.717, 1.165) is 75.8 Å². The molecule has 2 aromatic heterocycles. The van der Waals surface area contributed by atoms with Gasteiger partial charge in [0.2, 0.25) is 0 Å². The highest BCUT2D eigenvalue weighted by molar-refractivity contribution is 6.04. The smallest absolute Gasteiger partial charge is 0.274 e. The zero-order valence-corrected chi connectivity index (χ0v) is 30.6. The van der Waals surface area contributed by atoms with Crippen LogP contribution in [0.25, 0.3) is 11.1 Å². The summed E-state index contributed by atoms with van der Waals surface area (Å²) in [6.07, 6.45) is 6.01. The number of rotatable bonds is 12. The minimum absolute atomic E-state index is 0.0286. The minimum Gasteiger partial charge on any atom is -0.390 e. The van der Waals surface area contributed by atoms with Gasteiger partial charge in [-0.1, -0.05) is 30.3 Å². The summed E-state index contributed by atoms with van der Waals surface area (Å²) in [4.78, 5) is 35.9. The van der Waals surface area contributed by atoms with Crippen molar-refractivity contribution in [3.05, 3.63) is 111 Å². The molecule has 4 aromatic rings. The van der Waals surface area contributed by atoms with Gasteiger partial charge in [-0.25, -0.2) is 0 Å². The lowest BCUT2D eigenvalue weighted by molar-refractivity contribution is -0.0458. The van der Waals surface area contributed by atoms with Crippen LogP contribution >= 0.6 is 0 Å². The molecule has 4 atom stereocenters. The molecule has 1 amide bonds. The van der Waals surface area contributed by atoms with Crippen LogP contribution in [0.4, 0.5) is 5.69 Å². The van der Waals surface area contributed by atoms with Crippen molar-refractivity contribution < 1.29 is 29.3 Å². The van der Waals surface area contributed by atoms with Crippen molar-refractivity contribution in [1.29, 1.82) is 0 Å². The second-order valence-electron chi connectivity index (χ2n) is 14.3. The largest absolute Gasteiger partial charge is 0.390 e. The number of nitrogens with one attached hydrogen (secondary N) is 2. The van der Waals surface area contributed by atoms with E-state index in [1.807, 2.05) is 76.2 Å². The van der Waals surface area contributed by atoms with E-state index in [2.05, 4.69) is 20.6 Å². The lowest BCUT2D eigenvalue weighted by Crippen LogP contribution is -2.46. The van der Waals surface area contributed by atoms with E-state index in [4.69, 9.17) is 9.47 Å². The number of aliphatic hydroxyl groups is 2. The van der Waals surface area contributed by atoms with Gasteiger partial charge in [-0.2, -0.15) is 0 Å². The van der Waals surface area contributed by atoms with Crippen molar-refractivity contribution in [2.24, 2.45) is 5.92 Å². The molecule has 0 aliphatic carbocycles. The monoisotopic (exact) mass is 706 g/mol. The van der Waals surface area contributed by atoms with Crippen molar-refractivity contribution in [2.75, 3.05) is 31.7 Å². The molecule has 10 nitrogen and oxygen atoms in total. The van der Waals surface area contributed by atoms with Crippen molar-refractivity contribution in [1.82, 2.24) is 15.3 Å². The zero-order valence-electron chi connectivity index (χ0n) is 30.6. The maximum atomic E-state index is 13.5. The number of carbonyl (C=O) groups excluding carboxylic acids is 2. The van der Waals surface area contributed by atoms with Crippen molar-refractivity contribution in [3.63, 3.8) is 0 Å². The van der Waals surface area contributed by atoms with Crippen molar-refractivity contribution >= 4 is 17.4 Å². The molecule has 0 saturated carbocycles. The number of ketones is 1. The van der Waals surface area contributed by atoms with Gasteiger partial charge >= 0.3 is 0 Å².